The van der Waals surface area contributed by atoms with Crippen LogP contribution in [-0.2, 0) is 4.74 Å². The quantitative estimate of drug-likeness (QED) is 0.415. The van der Waals surface area contributed by atoms with Gasteiger partial charge in [0.05, 0.1) is 13.2 Å². The number of nitrogens with zero attached hydrogens (tertiary/aromatic N) is 1. The zero-order chi connectivity index (χ0) is 15.8. The molecule has 1 heterocycles. The average molecular weight is 321 g/mol. The maximum Gasteiger partial charge on any atom is 0.191 e. The van der Waals surface area contributed by atoms with Gasteiger partial charge in [-0.25, -0.2) is 0 Å². The van der Waals surface area contributed by atoms with Crippen molar-refractivity contribution in [2.24, 2.45) is 4.99 Å². The molecule has 0 bridgehead atoms. The Balaban J connectivity index is 1.98. The number of nitrogens with one attached hydrogen (secondary N) is 2. The topological polar surface area (TPSA) is 65.9 Å². The normalized spacial score (nSPS) is 13.3. The summed E-state index contributed by atoms with van der Waals surface area (Å²) < 4.78 is 6.19. The SMILES string of the molecule is CCNC(=NCC(O)c1cc2ccccc2s1)NCCOC. The third kappa shape index (κ3) is 4.69. The summed E-state index contributed by atoms with van der Waals surface area (Å²) in [5.41, 5.74) is 0. The van der Waals surface area contributed by atoms with Crippen molar-refractivity contribution in [1.29, 1.82) is 0 Å². The number of aliphatic hydroxyl groups is 1. The minimum atomic E-state index is -0.588. The van der Waals surface area contributed by atoms with Crippen LogP contribution in [0.4, 0.5) is 0 Å². The third-order valence-electron chi connectivity index (χ3n) is 3.14. The van der Waals surface area contributed by atoms with Crippen molar-refractivity contribution in [3.63, 3.8) is 0 Å². The lowest BCUT2D eigenvalue weighted by Gasteiger charge is -2.12. The van der Waals surface area contributed by atoms with Gasteiger partial charge in [-0.05, 0) is 24.4 Å². The van der Waals surface area contributed by atoms with Crippen LogP contribution in [0.3, 0.4) is 0 Å². The van der Waals surface area contributed by atoms with E-state index in [1.54, 1.807) is 18.4 Å². The molecule has 0 saturated carbocycles. The Kier molecular flexibility index (Phi) is 6.64. The van der Waals surface area contributed by atoms with Crippen LogP contribution in [0, 0.1) is 0 Å². The zero-order valence-corrected chi connectivity index (χ0v) is 13.8. The molecule has 1 aromatic heterocycles. The molecular weight excluding hydrogens is 298 g/mol. The lowest BCUT2D eigenvalue weighted by Crippen LogP contribution is -2.39. The van der Waals surface area contributed by atoms with Gasteiger partial charge in [0.15, 0.2) is 5.96 Å². The summed E-state index contributed by atoms with van der Waals surface area (Å²) in [6.45, 7) is 4.41. The molecule has 3 N–H and O–H groups in total. The number of thiophene rings is 1. The summed E-state index contributed by atoms with van der Waals surface area (Å²) in [6.07, 6.45) is -0.588. The Morgan fingerprint density at radius 3 is 2.91 bits per heavy atom. The van der Waals surface area contributed by atoms with Gasteiger partial charge >= 0.3 is 0 Å². The molecular formula is C16H23N3O2S. The molecule has 1 aromatic carbocycles. The molecule has 0 aliphatic carbocycles. The fraction of sp³-hybridized carbons (Fsp3) is 0.438. The second kappa shape index (κ2) is 8.73. The Bertz CT molecular complexity index is 579. The number of hydrogen-bond donors (Lipinski definition) is 3. The van der Waals surface area contributed by atoms with Gasteiger partial charge in [0.25, 0.3) is 0 Å². The van der Waals surface area contributed by atoms with E-state index in [9.17, 15) is 5.11 Å². The molecule has 0 radical (unpaired) electrons. The van der Waals surface area contributed by atoms with Gasteiger partial charge in [-0.15, -0.1) is 11.3 Å². The molecule has 5 nitrogen and oxygen atoms in total. The summed E-state index contributed by atoms with van der Waals surface area (Å²) in [6, 6.07) is 10.2. The van der Waals surface area contributed by atoms with E-state index in [-0.39, 0.29) is 0 Å². The number of methoxy groups -OCH3 is 1. The van der Waals surface area contributed by atoms with Crippen LogP contribution in [0.2, 0.25) is 0 Å². The second-order valence-electron chi connectivity index (χ2n) is 4.84. The highest BCUT2D eigenvalue weighted by Gasteiger charge is 2.11. The third-order valence-corrected chi connectivity index (χ3v) is 4.36. The Morgan fingerprint density at radius 1 is 1.36 bits per heavy atom. The predicted octanol–water partition coefficient (Wildman–Crippen LogP) is 2.14. The van der Waals surface area contributed by atoms with Crippen molar-refractivity contribution in [1.82, 2.24) is 10.6 Å². The second-order valence-corrected chi connectivity index (χ2v) is 5.96. The Labute approximate surface area is 135 Å². The average Bonchev–Trinajstić information content (AvgIpc) is 2.96. The van der Waals surface area contributed by atoms with Gasteiger partial charge in [-0.3, -0.25) is 4.99 Å². The molecule has 22 heavy (non-hydrogen) atoms. The van der Waals surface area contributed by atoms with E-state index in [0.29, 0.717) is 25.7 Å². The molecule has 2 aromatic rings. The maximum absolute atomic E-state index is 10.3. The van der Waals surface area contributed by atoms with Crippen LogP contribution < -0.4 is 10.6 Å². The summed E-state index contributed by atoms with van der Waals surface area (Å²) in [5.74, 6) is 0.694. The van der Waals surface area contributed by atoms with E-state index >= 15 is 0 Å². The van der Waals surface area contributed by atoms with Crippen molar-refractivity contribution in [2.75, 3.05) is 33.4 Å². The largest absolute Gasteiger partial charge is 0.386 e. The van der Waals surface area contributed by atoms with Crippen LogP contribution >= 0.6 is 11.3 Å². The molecule has 0 fully saturated rings. The molecule has 0 amide bonds. The van der Waals surface area contributed by atoms with E-state index < -0.39 is 6.10 Å². The Morgan fingerprint density at radius 2 is 2.18 bits per heavy atom. The first-order chi connectivity index (χ1) is 10.7. The van der Waals surface area contributed by atoms with Crippen molar-refractivity contribution in [3.8, 4) is 0 Å². The lowest BCUT2D eigenvalue weighted by molar-refractivity contribution is 0.190. The molecule has 0 aliphatic heterocycles. The van der Waals surface area contributed by atoms with Gasteiger partial charge < -0.3 is 20.5 Å². The van der Waals surface area contributed by atoms with Gasteiger partial charge in [-0.2, -0.15) is 0 Å². The smallest absolute Gasteiger partial charge is 0.191 e. The first kappa shape index (κ1) is 16.7. The summed E-state index contributed by atoms with van der Waals surface area (Å²) in [7, 11) is 1.66. The molecule has 2 rings (SSSR count). The van der Waals surface area contributed by atoms with Crippen LogP contribution in [0.15, 0.2) is 35.3 Å². The molecule has 120 valence electrons. The maximum atomic E-state index is 10.3. The Hall–Kier alpha value is -1.63. The first-order valence-electron chi connectivity index (χ1n) is 7.42. The number of hydrogen-bond acceptors (Lipinski definition) is 4. The van der Waals surface area contributed by atoms with Gasteiger partial charge in [-0.1, -0.05) is 18.2 Å². The minimum absolute atomic E-state index is 0.329. The van der Waals surface area contributed by atoms with Crippen molar-refractivity contribution in [2.45, 2.75) is 13.0 Å². The van der Waals surface area contributed by atoms with Crippen molar-refractivity contribution in [3.05, 3.63) is 35.2 Å². The molecule has 6 heteroatoms. The van der Waals surface area contributed by atoms with E-state index in [4.69, 9.17) is 4.74 Å². The highest BCUT2D eigenvalue weighted by Crippen LogP contribution is 2.29. The fourth-order valence-electron chi connectivity index (χ4n) is 2.05. The molecule has 1 atom stereocenters. The summed E-state index contributed by atoms with van der Waals surface area (Å²) >= 11 is 1.61. The van der Waals surface area contributed by atoms with E-state index in [1.807, 2.05) is 25.1 Å². The van der Waals surface area contributed by atoms with Gasteiger partial charge in [0, 0.05) is 29.8 Å². The zero-order valence-electron chi connectivity index (χ0n) is 13.0. The molecule has 1 unspecified atom stereocenters. The number of fused-ring (bicyclic) bond motifs is 1. The van der Waals surface area contributed by atoms with Crippen molar-refractivity contribution >= 4 is 27.4 Å². The lowest BCUT2D eigenvalue weighted by atomic mass is 10.2. The number of rotatable bonds is 7. The van der Waals surface area contributed by atoms with E-state index in [0.717, 1.165) is 16.8 Å². The standard InChI is InChI=1S/C16H23N3O2S/c1-3-17-16(18-8-9-21-2)19-11-13(20)15-10-12-6-4-5-7-14(12)22-15/h4-7,10,13,20H,3,8-9,11H2,1-2H3,(H2,17,18,19). The first-order valence-corrected chi connectivity index (χ1v) is 8.24. The van der Waals surface area contributed by atoms with Gasteiger partial charge in [0.1, 0.15) is 6.10 Å². The van der Waals surface area contributed by atoms with Crippen LogP contribution in [0.1, 0.15) is 17.9 Å². The molecule has 0 aliphatic rings. The highest BCUT2D eigenvalue weighted by molar-refractivity contribution is 7.19. The summed E-state index contributed by atoms with van der Waals surface area (Å²) in [4.78, 5) is 5.37. The molecule has 0 spiro atoms. The van der Waals surface area contributed by atoms with Crippen LogP contribution in [-0.4, -0.2) is 44.4 Å². The number of ether oxygens (including phenoxy) is 1. The van der Waals surface area contributed by atoms with Gasteiger partial charge in [0.2, 0.25) is 0 Å². The molecule has 0 saturated heterocycles. The van der Waals surface area contributed by atoms with Crippen LogP contribution in [0.5, 0.6) is 0 Å². The minimum Gasteiger partial charge on any atom is -0.386 e. The fourth-order valence-corrected chi connectivity index (χ4v) is 3.09. The van der Waals surface area contributed by atoms with E-state index in [2.05, 4.69) is 27.8 Å². The summed E-state index contributed by atoms with van der Waals surface area (Å²) in [5, 5.41) is 17.8. The highest BCUT2D eigenvalue weighted by atomic mass is 32.1. The van der Waals surface area contributed by atoms with E-state index in [1.165, 1.54) is 4.70 Å². The number of aliphatic imine (C=N–C) groups is 1. The van der Waals surface area contributed by atoms with Crippen molar-refractivity contribution < 1.29 is 9.84 Å². The number of benzene rings is 1. The van der Waals surface area contributed by atoms with Crippen LogP contribution in [0.25, 0.3) is 10.1 Å². The number of guanidine groups is 1. The number of aliphatic hydroxyl groups excluding tert-OH is 1. The predicted molar refractivity (Wildman–Crippen MR) is 92.6 cm³/mol. The monoisotopic (exact) mass is 321 g/mol.